The van der Waals surface area contributed by atoms with Crippen LogP contribution < -0.4 is 5.73 Å². The summed E-state index contributed by atoms with van der Waals surface area (Å²) in [5.41, 5.74) is 9.16. The average Bonchev–Trinajstić information content (AvgIpc) is 3.46. The van der Waals surface area contributed by atoms with E-state index in [1.54, 1.807) is 22.2 Å². The highest BCUT2D eigenvalue weighted by molar-refractivity contribution is 7.99. The van der Waals surface area contributed by atoms with Gasteiger partial charge >= 0.3 is 0 Å². The number of anilines is 1. The topological polar surface area (TPSA) is 112 Å². The van der Waals surface area contributed by atoms with Crippen molar-refractivity contribution in [1.29, 1.82) is 0 Å². The first-order valence-electron chi connectivity index (χ1n) is 8.09. The number of nitrogens with two attached hydrogens (primary N) is 1. The first-order valence-corrected chi connectivity index (χ1v) is 10.6. The highest BCUT2D eigenvalue weighted by Crippen LogP contribution is 2.32. The summed E-state index contributed by atoms with van der Waals surface area (Å²) in [4.78, 5) is 5.17. The standard InChI is InChI=1S/C16H9N9S3/c17-9-3-1-8(2-4-9)13-23-25-15(27-13)21-22-16(25)28-14-20-19-12-11-10(5-6-26-11)18-7-24(12)14/h1-7H,17H2. The molecular formula is C16H9N9S3. The minimum absolute atomic E-state index is 0.619. The molecule has 0 saturated heterocycles. The molecule has 0 radical (unpaired) electrons. The van der Waals surface area contributed by atoms with E-state index in [0.29, 0.717) is 15.3 Å². The van der Waals surface area contributed by atoms with Crippen molar-refractivity contribution in [3.63, 3.8) is 0 Å². The third-order valence-corrected chi connectivity index (χ3v) is 6.87. The third kappa shape index (κ3) is 2.38. The summed E-state index contributed by atoms with van der Waals surface area (Å²) < 4.78 is 4.59. The normalized spacial score (nSPS) is 11.9. The first-order chi connectivity index (χ1) is 13.8. The fraction of sp³-hybridized carbons (Fsp3) is 0. The summed E-state index contributed by atoms with van der Waals surface area (Å²) in [6.45, 7) is 0. The van der Waals surface area contributed by atoms with Gasteiger partial charge in [-0.3, -0.25) is 4.40 Å². The smallest absolute Gasteiger partial charge is 0.235 e. The van der Waals surface area contributed by atoms with E-state index in [4.69, 9.17) is 5.73 Å². The molecule has 0 atom stereocenters. The van der Waals surface area contributed by atoms with Gasteiger partial charge < -0.3 is 5.73 Å². The second kappa shape index (κ2) is 5.95. The molecule has 6 aromatic rings. The Kier molecular flexibility index (Phi) is 3.38. The quantitative estimate of drug-likeness (QED) is 0.432. The van der Waals surface area contributed by atoms with Gasteiger partial charge in [0.1, 0.15) is 11.3 Å². The second-order valence-electron chi connectivity index (χ2n) is 5.86. The van der Waals surface area contributed by atoms with Gasteiger partial charge in [0.05, 0.1) is 10.2 Å². The van der Waals surface area contributed by atoms with Gasteiger partial charge in [-0.25, -0.2) is 4.98 Å². The number of benzene rings is 1. The summed E-state index contributed by atoms with van der Waals surface area (Å²) in [7, 11) is 0. The van der Waals surface area contributed by atoms with Crippen LogP contribution in [0.25, 0.3) is 31.4 Å². The Morgan fingerprint density at radius 3 is 2.71 bits per heavy atom. The van der Waals surface area contributed by atoms with Crippen LogP contribution in [0.5, 0.6) is 0 Å². The lowest BCUT2D eigenvalue weighted by molar-refractivity contribution is 0.814. The lowest BCUT2D eigenvalue weighted by Crippen LogP contribution is -1.93. The predicted molar refractivity (Wildman–Crippen MR) is 109 cm³/mol. The second-order valence-corrected chi connectivity index (χ2v) is 8.67. The van der Waals surface area contributed by atoms with Crippen molar-refractivity contribution in [1.82, 2.24) is 39.4 Å². The summed E-state index contributed by atoms with van der Waals surface area (Å²) in [6.07, 6.45) is 1.73. The van der Waals surface area contributed by atoms with Gasteiger partial charge in [-0.1, -0.05) is 11.3 Å². The van der Waals surface area contributed by atoms with E-state index in [9.17, 15) is 0 Å². The summed E-state index contributed by atoms with van der Waals surface area (Å²) in [6, 6.07) is 9.56. The van der Waals surface area contributed by atoms with Crippen molar-refractivity contribution in [3.8, 4) is 10.6 Å². The molecule has 0 saturated carbocycles. The maximum atomic E-state index is 5.77. The van der Waals surface area contributed by atoms with Gasteiger partial charge in [0.25, 0.3) is 0 Å². The largest absolute Gasteiger partial charge is 0.399 e. The highest BCUT2D eigenvalue weighted by Gasteiger charge is 2.18. The van der Waals surface area contributed by atoms with Crippen LogP contribution in [0.3, 0.4) is 0 Å². The van der Waals surface area contributed by atoms with Gasteiger partial charge in [0.2, 0.25) is 15.3 Å². The molecule has 0 unspecified atom stereocenters. The summed E-state index contributed by atoms with van der Waals surface area (Å²) >= 11 is 4.41. The molecule has 12 heteroatoms. The van der Waals surface area contributed by atoms with Gasteiger partial charge in [0, 0.05) is 11.3 Å². The molecule has 0 amide bonds. The van der Waals surface area contributed by atoms with Crippen LogP contribution in [-0.4, -0.2) is 39.4 Å². The predicted octanol–water partition coefficient (Wildman–Crippen LogP) is 3.24. The minimum Gasteiger partial charge on any atom is -0.399 e. The van der Waals surface area contributed by atoms with Crippen molar-refractivity contribution < 1.29 is 0 Å². The molecule has 5 heterocycles. The minimum atomic E-state index is 0.619. The maximum Gasteiger partial charge on any atom is 0.235 e. The number of hydrogen-bond acceptors (Lipinski definition) is 10. The van der Waals surface area contributed by atoms with Crippen LogP contribution in [-0.2, 0) is 0 Å². The number of rotatable bonds is 3. The Balaban J connectivity index is 1.41. The van der Waals surface area contributed by atoms with Crippen LogP contribution in [0.1, 0.15) is 0 Å². The van der Waals surface area contributed by atoms with Gasteiger partial charge in [-0.15, -0.1) is 31.7 Å². The SMILES string of the molecule is Nc1ccc(-c2nn3c(Sc4nnc5c6sccc6ncn45)nnc3s2)cc1. The van der Waals surface area contributed by atoms with E-state index in [1.165, 1.54) is 23.1 Å². The van der Waals surface area contributed by atoms with Crippen molar-refractivity contribution >= 4 is 60.9 Å². The Bertz CT molecular complexity index is 1460. The van der Waals surface area contributed by atoms with E-state index in [0.717, 1.165) is 32.1 Å². The number of hydrogen-bond donors (Lipinski definition) is 1. The molecule has 0 fully saturated rings. The molecule has 5 aromatic heterocycles. The van der Waals surface area contributed by atoms with Crippen LogP contribution in [0.15, 0.2) is 52.4 Å². The number of nitrogen functional groups attached to an aromatic ring is 1. The third-order valence-electron chi connectivity index (χ3n) is 4.13. The lowest BCUT2D eigenvalue weighted by atomic mass is 10.2. The van der Waals surface area contributed by atoms with Crippen LogP contribution in [0, 0.1) is 0 Å². The van der Waals surface area contributed by atoms with E-state index in [2.05, 4.69) is 30.5 Å². The van der Waals surface area contributed by atoms with Crippen LogP contribution in [0.4, 0.5) is 5.69 Å². The van der Waals surface area contributed by atoms with E-state index >= 15 is 0 Å². The molecule has 0 bridgehead atoms. The monoisotopic (exact) mass is 423 g/mol. The Hall–Kier alpha value is -3.09. The average molecular weight is 424 g/mol. The molecule has 28 heavy (non-hydrogen) atoms. The van der Waals surface area contributed by atoms with Crippen molar-refractivity contribution in [3.05, 3.63) is 42.0 Å². The van der Waals surface area contributed by atoms with Crippen LogP contribution >= 0.6 is 34.4 Å². The molecular weight excluding hydrogens is 414 g/mol. The zero-order valence-corrected chi connectivity index (χ0v) is 16.4. The van der Waals surface area contributed by atoms with Crippen molar-refractivity contribution in [2.45, 2.75) is 10.3 Å². The zero-order chi connectivity index (χ0) is 18.7. The number of thiophene rings is 1. The molecule has 1 aromatic carbocycles. The van der Waals surface area contributed by atoms with E-state index in [1.807, 2.05) is 40.1 Å². The Labute approximate surface area is 168 Å². The molecule has 0 aliphatic heterocycles. The molecule has 9 nitrogen and oxygen atoms in total. The summed E-state index contributed by atoms with van der Waals surface area (Å²) in [5, 5.41) is 25.9. The fourth-order valence-electron chi connectivity index (χ4n) is 2.78. The number of aromatic nitrogens is 8. The van der Waals surface area contributed by atoms with Gasteiger partial charge in [-0.05, 0) is 47.5 Å². The van der Waals surface area contributed by atoms with Crippen molar-refractivity contribution in [2.75, 3.05) is 5.73 Å². The molecule has 0 aliphatic rings. The molecule has 6 rings (SSSR count). The fourth-order valence-corrected chi connectivity index (χ4v) is 5.28. The first kappa shape index (κ1) is 15.9. The van der Waals surface area contributed by atoms with E-state index < -0.39 is 0 Å². The molecule has 0 aliphatic carbocycles. The van der Waals surface area contributed by atoms with Gasteiger partial charge in [-0.2, -0.15) is 9.61 Å². The zero-order valence-electron chi connectivity index (χ0n) is 13.9. The maximum absolute atomic E-state index is 5.77. The van der Waals surface area contributed by atoms with Crippen LogP contribution in [0.2, 0.25) is 0 Å². The molecule has 0 spiro atoms. The Morgan fingerprint density at radius 1 is 0.964 bits per heavy atom. The summed E-state index contributed by atoms with van der Waals surface area (Å²) in [5.74, 6) is 0. The lowest BCUT2D eigenvalue weighted by Gasteiger charge is -1.98. The molecule has 2 N–H and O–H groups in total. The number of nitrogens with zero attached hydrogens (tertiary/aromatic N) is 8. The Morgan fingerprint density at radius 2 is 1.82 bits per heavy atom. The molecule has 136 valence electrons. The van der Waals surface area contributed by atoms with E-state index in [-0.39, 0.29) is 0 Å². The van der Waals surface area contributed by atoms with Gasteiger partial charge in [0.15, 0.2) is 5.65 Å². The highest BCUT2D eigenvalue weighted by atomic mass is 32.2. The number of fused-ring (bicyclic) bond motifs is 4. The van der Waals surface area contributed by atoms with Crippen molar-refractivity contribution in [2.24, 2.45) is 0 Å².